The molecule has 2 saturated carbocycles. The summed E-state index contributed by atoms with van der Waals surface area (Å²) in [5, 5.41) is 0. The van der Waals surface area contributed by atoms with Gasteiger partial charge < -0.3 is 9.64 Å². The van der Waals surface area contributed by atoms with E-state index in [1.165, 1.54) is 58.2 Å². The van der Waals surface area contributed by atoms with Gasteiger partial charge in [0.15, 0.2) is 0 Å². The molecule has 3 aliphatic rings. The molecule has 2 heteroatoms. The molecule has 1 aliphatic heterocycles. The summed E-state index contributed by atoms with van der Waals surface area (Å²) in [5.74, 6) is 1.92. The first kappa shape index (κ1) is 15.8. The van der Waals surface area contributed by atoms with Crippen molar-refractivity contribution < 1.29 is 4.74 Å². The van der Waals surface area contributed by atoms with Crippen molar-refractivity contribution >= 4 is 0 Å². The van der Waals surface area contributed by atoms with E-state index in [0.717, 1.165) is 23.9 Å². The maximum atomic E-state index is 5.90. The first-order chi connectivity index (χ1) is 9.92. The summed E-state index contributed by atoms with van der Waals surface area (Å²) in [6.45, 7) is 14.1. The van der Waals surface area contributed by atoms with Crippen LogP contribution >= 0.6 is 0 Å². The van der Waals surface area contributed by atoms with Crippen LogP contribution < -0.4 is 0 Å². The highest BCUT2D eigenvalue weighted by atomic mass is 16.5. The molecule has 0 aromatic heterocycles. The summed E-state index contributed by atoms with van der Waals surface area (Å²) < 4.78 is 5.90. The van der Waals surface area contributed by atoms with Crippen LogP contribution in [0.4, 0.5) is 0 Å². The number of likely N-dealkylation sites (tertiary alicyclic amines) is 1. The fourth-order valence-electron chi connectivity index (χ4n) is 4.46. The van der Waals surface area contributed by atoms with E-state index in [2.05, 4.69) is 32.6 Å². The quantitative estimate of drug-likeness (QED) is 0.722. The van der Waals surface area contributed by atoms with Crippen LogP contribution in [-0.4, -0.2) is 37.2 Å². The summed E-state index contributed by atoms with van der Waals surface area (Å²) in [6, 6.07) is 0. The Morgan fingerprint density at radius 1 is 1.00 bits per heavy atom. The Kier molecular flexibility index (Phi) is 4.40. The normalized spacial score (nSPS) is 28.3. The van der Waals surface area contributed by atoms with Gasteiger partial charge in [0.25, 0.3) is 0 Å². The van der Waals surface area contributed by atoms with Crippen molar-refractivity contribution in [2.75, 3.05) is 26.2 Å². The molecule has 122 valence electrons. The Labute approximate surface area is 131 Å². The summed E-state index contributed by atoms with van der Waals surface area (Å²) in [5.41, 5.74) is 1.27. The minimum atomic E-state index is 0.384. The van der Waals surface area contributed by atoms with E-state index in [1.54, 1.807) is 0 Å². The molecule has 0 amide bonds. The van der Waals surface area contributed by atoms with Gasteiger partial charge in [0.2, 0.25) is 0 Å². The van der Waals surface area contributed by atoms with Crippen LogP contribution in [0.3, 0.4) is 0 Å². The third-order valence-electron chi connectivity index (χ3n) is 6.49. The van der Waals surface area contributed by atoms with Gasteiger partial charge in [-0.2, -0.15) is 0 Å². The SMILES string of the molecule is CC(C)OCC1(CN2CCC3(CC2)CC(C(C)C)C3)CC1. The molecule has 2 aliphatic carbocycles. The fourth-order valence-corrected chi connectivity index (χ4v) is 4.46. The van der Waals surface area contributed by atoms with Crippen molar-refractivity contribution in [1.82, 2.24) is 4.90 Å². The molecule has 21 heavy (non-hydrogen) atoms. The lowest BCUT2D eigenvalue weighted by molar-refractivity contribution is -0.0400. The average Bonchev–Trinajstić information content (AvgIpc) is 3.15. The highest BCUT2D eigenvalue weighted by Gasteiger charge is 2.49. The smallest absolute Gasteiger partial charge is 0.0538 e. The van der Waals surface area contributed by atoms with E-state index in [-0.39, 0.29) is 0 Å². The minimum Gasteiger partial charge on any atom is -0.378 e. The van der Waals surface area contributed by atoms with Gasteiger partial charge in [0, 0.05) is 12.0 Å². The standard InChI is InChI=1S/C19H35NO/c1-15(2)17-11-18(12-17)7-9-20(10-8-18)13-19(5-6-19)14-21-16(3)4/h15-17H,5-14H2,1-4H3. The van der Waals surface area contributed by atoms with Crippen molar-refractivity contribution in [2.45, 2.75) is 72.3 Å². The molecule has 3 rings (SSSR count). The second-order valence-electron chi connectivity index (χ2n) is 9.05. The van der Waals surface area contributed by atoms with Crippen molar-refractivity contribution in [2.24, 2.45) is 22.7 Å². The van der Waals surface area contributed by atoms with Gasteiger partial charge in [-0.1, -0.05) is 13.8 Å². The number of hydrogen-bond donors (Lipinski definition) is 0. The zero-order valence-electron chi connectivity index (χ0n) is 14.7. The lowest BCUT2D eigenvalue weighted by Gasteiger charge is -2.54. The number of piperidine rings is 1. The van der Waals surface area contributed by atoms with Crippen LogP contribution in [0, 0.1) is 22.7 Å². The Morgan fingerprint density at radius 3 is 2.10 bits per heavy atom. The molecule has 0 N–H and O–H groups in total. The fraction of sp³-hybridized carbons (Fsp3) is 1.00. The van der Waals surface area contributed by atoms with E-state index < -0.39 is 0 Å². The van der Waals surface area contributed by atoms with Gasteiger partial charge in [0.1, 0.15) is 0 Å². The number of rotatable bonds is 6. The third kappa shape index (κ3) is 3.64. The Morgan fingerprint density at radius 2 is 1.62 bits per heavy atom. The van der Waals surface area contributed by atoms with Crippen molar-refractivity contribution in [3.8, 4) is 0 Å². The van der Waals surface area contributed by atoms with Gasteiger partial charge in [0.05, 0.1) is 12.7 Å². The van der Waals surface area contributed by atoms with Gasteiger partial charge in [-0.3, -0.25) is 0 Å². The molecule has 3 fully saturated rings. The predicted octanol–water partition coefficient (Wildman–Crippen LogP) is 4.34. The summed E-state index contributed by atoms with van der Waals surface area (Å²) in [6.07, 6.45) is 9.10. The van der Waals surface area contributed by atoms with Crippen molar-refractivity contribution in [3.05, 3.63) is 0 Å². The zero-order valence-corrected chi connectivity index (χ0v) is 14.7. The zero-order chi connectivity index (χ0) is 15.1. The van der Waals surface area contributed by atoms with E-state index in [1.807, 2.05) is 0 Å². The molecule has 2 nitrogen and oxygen atoms in total. The van der Waals surface area contributed by atoms with Crippen LogP contribution in [0.1, 0.15) is 66.2 Å². The van der Waals surface area contributed by atoms with E-state index in [0.29, 0.717) is 11.5 Å². The maximum absolute atomic E-state index is 5.90. The summed E-state index contributed by atoms with van der Waals surface area (Å²) in [4.78, 5) is 2.74. The molecule has 0 aromatic carbocycles. The highest BCUT2D eigenvalue weighted by Crippen LogP contribution is 2.55. The molecular weight excluding hydrogens is 258 g/mol. The molecule has 1 saturated heterocycles. The van der Waals surface area contributed by atoms with Gasteiger partial charge in [-0.05, 0) is 82.7 Å². The van der Waals surface area contributed by atoms with Crippen molar-refractivity contribution in [1.29, 1.82) is 0 Å². The van der Waals surface area contributed by atoms with Gasteiger partial charge in [-0.15, -0.1) is 0 Å². The average molecular weight is 293 g/mol. The summed E-state index contributed by atoms with van der Waals surface area (Å²) >= 11 is 0. The molecule has 0 bridgehead atoms. The van der Waals surface area contributed by atoms with Crippen molar-refractivity contribution in [3.63, 3.8) is 0 Å². The molecule has 0 unspecified atom stereocenters. The molecule has 0 aromatic rings. The Balaban J connectivity index is 1.41. The van der Waals surface area contributed by atoms with Gasteiger partial charge in [-0.25, -0.2) is 0 Å². The second kappa shape index (κ2) is 5.85. The lowest BCUT2D eigenvalue weighted by atomic mass is 9.55. The maximum Gasteiger partial charge on any atom is 0.0538 e. The number of nitrogens with zero attached hydrogens (tertiary/aromatic N) is 1. The predicted molar refractivity (Wildman–Crippen MR) is 88.4 cm³/mol. The molecule has 1 heterocycles. The third-order valence-corrected chi connectivity index (χ3v) is 6.49. The topological polar surface area (TPSA) is 12.5 Å². The van der Waals surface area contributed by atoms with Crippen LogP contribution in [-0.2, 0) is 4.74 Å². The lowest BCUT2D eigenvalue weighted by Crippen LogP contribution is -2.49. The summed E-state index contributed by atoms with van der Waals surface area (Å²) in [7, 11) is 0. The minimum absolute atomic E-state index is 0.384. The highest BCUT2D eigenvalue weighted by molar-refractivity contribution is 5.00. The number of hydrogen-bond acceptors (Lipinski definition) is 2. The van der Waals surface area contributed by atoms with Crippen LogP contribution in [0.5, 0.6) is 0 Å². The molecule has 0 atom stereocenters. The van der Waals surface area contributed by atoms with E-state index >= 15 is 0 Å². The van der Waals surface area contributed by atoms with E-state index in [4.69, 9.17) is 4.74 Å². The van der Waals surface area contributed by atoms with Crippen LogP contribution in [0.25, 0.3) is 0 Å². The monoisotopic (exact) mass is 293 g/mol. The Hall–Kier alpha value is -0.0800. The van der Waals surface area contributed by atoms with Crippen LogP contribution in [0.15, 0.2) is 0 Å². The van der Waals surface area contributed by atoms with E-state index in [9.17, 15) is 0 Å². The number of ether oxygens (including phenoxy) is 1. The molecular formula is C19H35NO. The molecule has 1 spiro atoms. The van der Waals surface area contributed by atoms with Crippen LogP contribution in [0.2, 0.25) is 0 Å². The van der Waals surface area contributed by atoms with Gasteiger partial charge >= 0.3 is 0 Å². The first-order valence-electron chi connectivity index (χ1n) is 9.26. The Bertz CT molecular complexity index is 343. The largest absolute Gasteiger partial charge is 0.378 e. The first-order valence-corrected chi connectivity index (χ1v) is 9.26. The molecule has 0 radical (unpaired) electrons. The second-order valence-corrected chi connectivity index (χ2v) is 9.05.